The first kappa shape index (κ1) is 19.5. The number of thioether (sulfide) groups is 1. The lowest BCUT2D eigenvalue weighted by atomic mass is 9.90. The van der Waals surface area contributed by atoms with Crippen molar-refractivity contribution in [2.75, 3.05) is 26.0 Å². The Morgan fingerprint density at radius 2 is 2.00 bits per heavy atom. The predicted octanol–water partition coefficient (Wildman–Crippen LogP) is 2.70. The number of methoxy groups -OCH3 is 1. The Morgan fingerprint density at radius 3 is 2.78 bits per heavy atom. The van der Waals surface area contributed by atoms with E-state index in [0.29, 0.717) is 29.3 Å². The molecule has 6 nitrogen and oxygen atoms in total. The van der Waals surface area contributed by atoms with E-state index in [1.807, 2.05) is 18.2 Å². The molecule has 1 aromatic carbocycles. The summed E-state index contributed by atoms with van der Waals surface area (Å²) in [4.78, 5) is 37.1. The van der Waals surface area contributed by atoms with Crippen molar-refractivity contribution in [3.63, 3.8) is 0 Å². The molecule has 1 saturated heterocycles. The Bertz CT molecular complexity index is 774. The summed E-state index contributed by atoms with van der Waals surface area (Å²) in [5.74, 6) is -0.583. The second kappa shape index (κ2) is 9.08. The zero-order valence-corrected chi connectivity index (χ0v) is 16.2. The number of hydrogen-bond donors (Lipinski definition) is 0. The highest BCUT2D eigenvalue weighted by Gasteiger charge is 2.27. The molecule has 27 heavy (non-hydrogen) atoms. The molecule has 1 aromatic rings. The van der Waals surface area contributed by atoms with Gasteiger partial charge in [-0.15, -0.1) is 0 Å². The van der Waals surface area contributed by atoms with Crippen LogP contribution in [0, 0.1) is 0 Å². The minimum Gasteiger partial charge on any atom is -0.466 e. The first-order valence-corrected chi connectivity index (χ1v) is 10.1. The van der Waals surface area contributed by atoms with Gasteiger partial charge in [0.1, 0.15) is 0 Å². The summed E-state index contributed by atoms with van der Waals surface area (Å²) in [5.41, 5.74) is 3.15. The van der Waals surface area contributed by atoms with Crippen LogP contribution in [-0.2, 0) is 31.9 Å². The Hall–Kier alpha value is -2.28. The minimum atomic E-state index is -0.490. The highest BCUT2D eigenvalue weighted by molar-refractivity contribution is 8.04. The summed E-state index contributed by atoms with van der Waals surface area (Å²) >= 11 is 1.31. The number of carbonyl (C=O) groups is 3. The molecular weight excluding hydrogens is 366 g/mol. The average molecular weight is 389 g/mol. The van der Waals surface area contributed by atoms with Crippen molar-refractivity contribution in [1.82, 2.24) is 4.90 Å². The van der Waals surface area contributed by atoms with Gasteiger partial charge in [-0.05, 0) is 55.4 Å². The number of rotatable bonds is 6. The molecule has 0 N–H and O–H groups in total. The van der Waals surface area contributed by atoms with Gasteiger partial charge in [-0.25, -0.2) is 9.59 Å². The highest BCUT2D eigenvalue weighted by Crippen LogP contribution is 2.29. The third-order valence-corrected chi connectivity index (χ3v) is 5.72. The molecule has 0 unspecified atom stereocenters. The molecule has 7 heteroatoms. The summed E-state index contributed by atoms with van der Waals surface area (Å²) in [6, 6.07) is 5.79. The van der Waals surface area contributed by atoms with E-state index in [9.17, 15) is 14.4 Å². The summed E-state index contributed by atoms with van der Waals surface area (Å²) in [6.45, 7) is 0.613. The number of ether oxygens (including phenoxy) is 2. The summed E-state index contributed by atoms with van der Waals surface area (Å²) in [5, 5.41) is 0.577. The van der Waals surface area contributed by atoms with Gasteiger partial charge in [-0.3, -0.25) is 4.79 Å². The minimum absolute atomic E-state index is 0.0591. The lowest BCUT2D eigenvalue weighted by Gasteiger charge is -2.17. The molecule has 3 rings (SSSR count). The summed E-state index contributed by atoms with van der Waals surface area (Å²) < 4.78 is 9.96. The van der Waals surface area contributed by atoms with E-state index in [4.69, 9.17) is 4.74 Å². The van der Waals surface area contributed by atoms with Crippen LogP contribution in [0.25, 0.3) is 0 Å². The molecular formula is C20H23NO5S. The summed E-state index contributed by atoms with van der Waals surface area (Å²) in [6.07, 6.45) is 6.27. The van der Waals surface area contributed by atoms with Crippen molar-refractivity contribution in [3.05, 3.63) is 46.0 Å². The molecule has 0 aromatic heterocycles. The van der Waals surface area contributed by atoms with E-state index >= 15 is 0 Å². The summed E-state index contributed by atoms with van der Waals surface area (Å²) in [7, 11) is 1.30. The van der Waals surface area contributed by atoms with Crippen molar-refractivity contribution in [1.29, 1.82) is 0 Å². The predicted molar refractivity (Wildman–Crippen MR) is 102 cm³/mol. The van der Waals surface area contributed by atoms with Crippen molar-refractivity contribution in [2.45, 2.75) is 32.1 Å². The van der Waals surface area contributed by atoms with Crippen LogP contribution in [0.3, 0.4) is 0 Å². The van der Waals surface area contributed by atoms with Crippen LogP contribution in [0.2, 0.25) is 0 Å². The molecule has 0 saturated carbocycles. The van der Waals surface area contributed by atoms with Crippen molar-refractivity contribution in [2.24, 2.45) is 0 Å². The van der Waals surface area contributed by atoms with Gasteiger partial charge in [-0.2, -0.15) is 0 Å². The van der Waals surface area contributed by atoms with Gasteiger partial charge < -0.3 is 14.4 Å². The van der Waals surface area contributed by atoms with Crippen LogP contribution in [-0.4, -0.2) is 48.8 Å². The van der Waals surface area contributed by atoms with Gasteiger partial charge >= 0.3 is 11.9 Å². The van der Waals surface area contributed by atoms with Crippen LogP contribution >= 0.6 is 11.8 Å². The maximum absolute atomic E-state index is 12.3. The van der Waals surface area contributed by atoms with Crippen molar-refractivity contribution in [3.8, 4) is 0 Å². The largest absolute Gasteiger partial charge is 0.466 e. The van der Waals surface area contributed by atoms with Crippen LogP contribution in [0.1, 0.15) is 40.7 Å². The molecule has 0 spiro atoms. The van der Waals surface area contributed by atoms with E-state index in [1.54, 1.807) is 0 Å². The highest BCUT2D eigenvalue weighted by atomic mass is 32.2. The topological polar surface area (TPSA) is 72.9 Å². The van der Waals surface area contributed by atoms with Crippen molar-refractivity contribution >= 4 is 29.6 Å². The number of benzene rings is 1. The maximum atomic E-state index is 12.3. The molecule has 1 amide bonds. The zero-order valence-electron chi connectivity index (χ0n) is 15.4. The lowest BCUT2D eigenvalue weighted by molar-refractivity contribution is -0.134. The number of amides is 1. The normalized spacial score (nSPS) is 17.7. The van der Waals surface area contributed by atoms with E-state index < -0.39 is 5.97 Å². The van der Waals surface area contributed by atoms with E-state index in [2.05, 4.69) is 4.74 Å². The average Bonchev–Trinajstić information content (AvgIpc) is 3.03. The molecule has 1 fully saturated rings. The van der Waals surface area contributed by atoms with E-state index in [0.717, 1.165) is 19.3 Å². The third-order valence-electron chi connectivity index (χ3n) is 4.70. The number of carbonyl (C=O) groups excluding carboxylic acids is 3. The number of aryl methyl sites for hydroxylation is 2. The molecule has 144 valence electrons. The van der Waals surface area contributed by atoms with Crippen LogP contribution in [0.15, 0.2) is 29.3 Å². The quantitative estimate of drug-likeness (QED) is 0.423. The smallest absolute Gasteiger partial charge is 0.338 e. The SMILES string of the molecule is COC(=O)/C=C1/SCC(=O)N1CCCOC(=O)c1ccc2c(c1)CCCC2. The second-order valence-electron chi connectivity index (χ2n) is 6.52. The third kappa shape index (κ3) is 4.91. The lowest BCUT2D eigenvalue weighted by Crippen LogP contribution is -2.27. The molecule has 1 aliphatic carbocycles. The van der Waals surface area contributed by atoms with Gasteiger partial charge in [-0.1, -0.05) is 17.8 Å². The number of nitrogens with zero attached hydrogens (tertiary/aromatic N) is 1. The fourth-order valence-electron chi connectivity index (χ4n) is 3.26. The second-order valence-corrected chi connectivity index (χ2v) is 7.52. The molecule has 0 bridgehead atoms. The van der Waals surface area contributed by atoms with Gasteiger partial charge in [0.15, 0.2) is 0 Å². The van der Waals surface area contributed by atoms with Crippen LogP contribution < -0.4 is 0 Å². The van der Waals surface area contributed by atoms with Crippen LogP contribution in [0.4, 0.5) is 0 Å². The van der Waals surface area contributed by atoms with Gasteiger partial charge in [0.05, 0.1) is 36.1 Å². The standard InChI is InChI=1S/C20H23NO5S/c1-25-19(23)12-18-21(17(22)13-27-18)9-4-10-26-20(24)16-8-7-14-5-2-3-6-15(14)11-16/h7-8,11-12H,2-6,9-10,13H2,1H3/b18-12+. The van der Waals surface area contributed by atoms with Gasteiger partial charge in [0.25, 0.3) is 0 Å². The first-order chi connectivity index (χ1) is 13.1. The Morgan fingerprint density at radius 1 is 1.22 bits per heavy atom. The fourth-order valence-corrected chi connectivity index (χ4v) is 4.22. The van der Waals surface area contributed by atoms with E-state index in [1.165, 1.54) is 47.4 Å². The molecule has 0 radical (unpaired) electrons. The van der Waals surface area contributed by atoms with Gasteiger partial charge in [0.2, 0.25) is 5.91 Å². The number of esters is 2. The molecule has 1 aliphatic heterocycles. The number of hydrogen-bond acceptors (Lipinski definition) is 6. The van der Waals surface area contributed by atoms with Crippen molar-refractivity contribution < 1.29 is 23.9 Å². The van der Waals surface area contributed by atoms with Gasteiger partial charge in [0, 0.05) is 6.54 Å². The fraction of sp³-hybridized carbons (Fsp3) is 0.450. The number of fused-ring (bicyclic) bond motifs is 1. The Kier molecular flexibility index (Phi) is 6.55. The monoisotopic (exact) mass is 389 g/mol. The molecule has 2 aliphatic rings. The maximum Gasteiger partial charge on any atom is 0.338 e. The molecule has 0 atom stereocenters. The molecule has 1 heterocycles. The Balaban J connectivity index is 1.49. The first-order valence-electron chi connectivity index (χ1n) is 9.10. The zero-order chi connectivity index (χ0) is 19.2. The van der Waals surface area contributed by atoms with E-state index in [-0.39, 0.29) is 18.5 Å². The Labute approximate surface area is 162 Å². The van der Waals surface area contributed by atoms with Crippen LogP contribution in [0.5, 0.6) is 0 Å².